The second-order valence-corrected chi connectivity index (χ2v) is 7.70. The van der Waals surface area contributed by atoms with Crippen LogP contribution in [0.5, 0.6) is 0 Å². The van der Waals surface area contributed by atoms with E-state index in [9.17, 15) is 9.90 Å². The smallest absolute Gasteiger partial charge is 0.323 e. The molecule has 0 aromatic heterocycles. The Morgan fingerprint density at radius 2 is 2.10 bits per heavy atom. The monoisotopic (exact) mass is 298 g/mol. The molecule has 2 fully saturated rings. The molecule has 2 N–H and O–H groups in total. The minimum Gasteiger partial charge on any atom is -0.480 e. The van der Waals surface area contributed by atoms with E-state index in [1.54, 1.807) is 0 Å². The number of nitrogens with zero attached hydrogens (tertiary/aromatic N) is 1. The molecule has 2 aliphatic rings. The topological polar surface area (TPSA) is 61.8 Å². The third-order valence-corrected chi connectivity index (χ3v) is 4.57. The van der Waals surface area contributed by atoms with Gasteiger partial charge in [0.2, 0.25) is 0 Å². The van der Waals surface area contributed by atoms with E-state index in [4.69, 9.17) is 4.74 Å². The fourth-order valence-corrected chi connectivity index (χ4v) is 4.05. The van der Waals surface area contributed by atoms with Crippen molar-refractivity contribution in [1.29, 1.82) is 0 Å². The molecule has 2 rings (SSSR count). The fourth-order valence-electron chi connectivity index (χ4n) is 4.05. The predicted molar refractivity (Wildman–Crippen MR) is 82.5 cm³/mol. The molecule has 3 unspecified atom stereocenters. The van der Waals surface area contributed by atoms with Crippen LogP contribution < -0.4 is 5.32 Å². The molecule has 0 radical (unpaired) electrons. The number of hydrogen-bond donors (Lipinski definition) is 2. The first-order valence-corrected chi connectivity index (χ1v) is 8.06. The highest BCUT2D eigenvalue weighted by Gasteiger charge is 2.48. The van der Waals surface area contributed by atoms with Crippen molar-refractivity contribution in [2.24, 2.45) is 0 Å². The van der Waals surface area contributed by atoms with E-state index in [0.29, 0.717) is 18.9 Å². The zero-order chi connectivity index (χ0) is 15.8. The minimum absolute atomic E-state index is 0.155. The number of nitrogens with one attached hydrogen (secondary N) is 1. The SMILES string of the molecule is CC(C)NC1(C(=O)O)CCC(N2CC(C)OC(C)(C)C2)C1. The summed E-state index contributed by atoms with van der Waals surface area (Å²) in [5.41, 5.74) is -0.915. The van der Waals surface area contributed by atoms with Crippen LogP contribution in [0.15, 0.2) is 0 Å². The summed E-state index contributed by atoms with van der Waals surface area (Å²) in [6.45, 7) is 12.1. The summed E-state index contributed by atoms with van der Waals surface area (Å²) < 4.78 is 5.95. The van der Waals surface area contributed by atoms with Gasteiger partial charge in [-0.25, -0.2) is 0 Å². The van der Waals surface area contributed by atoms with Gasteiger partial charge < -0.3 is 9.84 Å². The normalized spacial score (nSPS) is 37.0. The summed E-state index contributed by atoms with van der Waals surface area (Å²) in [6.07, 6.45) is 2.53. The molecule has 0 spiro atoms. The number of carbonyl (C=O) groups is 1. The Hall–Kier alpha value is -0.650. The van der Waals surface area contributed by atoms with Gasteiger partial charge in [0.15, 0.2) is 0 Å². The van der Waals surface area contributed by atoms with E-state index in [-0.39, 0.29) is 17.7 Å². The summed E-state index contributed by atoms with van der Waals surface area (Å²) in [5.74, 6) is -0.709. The molecule has 0 aromatic rings. The van der Waals surface area contributed by atoms with Crippen LogP contribution in [0.2, 0.25) is 0 Å². The summed E-state index contributed by atoms with van der Waals surface area (Å²) in [6, 6.07) is 0.512. The number of carboxylic acid groups (broad SMARTS) is 1. The van der Waals surface area contributed by atoms with Crippen LogP contribution in [0.4, 0.5) is 0 Å². The number of ether oxygens (including phenoxy) is 1. The maximum Gasteiger partial charge on any atom is 0.323 e. The van der Waals surface area contributed by atoms with Gasteiger partial charge in [0.1, 0.15) is 5.54 Å². The highest BCUT2D eigenvalue weighted by Crippen LogP contribution is 2.36. The Bertz CT molecular complexity index is 397. The highest BCUT2D eigenvalue weighted by atomic mass is 16.5. The van der Waals surface area contributed by atoms with Crippen LogP contribution in [0, 0.1) is 0 Å². The minimum atomic E-state index is -0.759. The molecule has 5 heteroatoms. The highest BCUT2D eigenvalue weighted by molar-refractivity contribution is 5.79. The number of hydrogen-bond acceptors (Lipinski definition) is 4. The van der Waals surface area contributed by atoms with Crippen molar-refractivity contribution < 1.29 is 14.6 Å². The van der Waals surface area contributed by atoms with Crippen molar-refractivity contribution >= 4 is 5.97 Å². The lowest BCUT2D eigenvalue weighted by Gasteiger charge is -2.44. The number of aliphatic carboxylic acids is 1. The van der Waals surface area contributed by atoms with Crippen LogP contribution in [-0.4, -0.2) is 58.4 Å². The first-order chi connectivity index (χ1) is 9.63. The zero-order valence-corrected chi connectivity index (χ0v) is 14.0. The average molecular weight is 298 g/mol. The third kappa shape index (κ3) is 3.76. The van der Waals surface area contributed by atoms with E-state index in [1.165, 1.54) is 0 Å². The fraction of sp³-hybridized carbons (Fsp3) is 0.938. The van der Waals surface area contributed by atoms with Crippen LogP contribution in [0.3, 0.4) is 0 Å². The summed E-state index contributed by atoms with van der Waals surface area (Å²) in [4.78, 5) is 14.2. The van der Waals surface area contributed by atoms with E-state index in [0.717, 1.165) is 19.5 Å². The van der Waals surface area contributed by atoms with Gasteiger partial charge >= 0.3 is 5.97 Å². The Balaban J connectivity index is 2.08. The van der Waals surface area contributed by atoms with Gasteiger partial charge in [0.05, 0.1) is 11.7 Å². The Morgan fingerprint density at radius 1 is 1.43 bits per heavy atom. The van der Waals surface area contributed by atoms with Gasteiger partial charge in [0, 0.05) is 25.2 Å². The Labute approximate surface area is 128 Å². The summed E-state index contributed by atoms with van der Waals surface area (Å²) in [5, 5.41) is 13.0. The van der Waals surface area contributed by atoms with Gasteiger partial charge in [0.25, 0.3) is 0 Å². The van der Waals surface area contributed by atoms with Crippen molar-refractivity contribution in [2.75, 3.05) is 13.1 Å². The van der Waals surface area contributed by atoms with Gasteiger partial charge in [-0.3, -0.25) is 15.0 Å². The predicted octanol–water partition coefficient (Wildman–Crippen LogP) is 1.86. The molecule has 122 valence electrons. The third-order valence-electron chi connectivity index (χ3n) is 4.57. The van der Waals surface area contributed by atoms with Crippen molar-refractivity contribution in [3.8, 4) is 0 Å². The van der Waals surface area contributed by atoms with E-state index in [2.05, 4.69) is 31.0 Å². The van der Waals surface area contributed by atoms with E-state index in [1.807, 2.05) is 13.8 Å². The molecule has 1 aliphatic heterocycles. The molecule has 1 heterocycles. The second kappa shape index (κ2) is 5.86. The standard InChI is InChI=1S/C16H30N2O3/c1-11(2)17-16(14(19)20)7-6-13(8-16)18-9-12(3)21-15(4,5)10-18/h11-13,17H,6-10H2,1-5H3,(H,19,20). The summed E-state index contributed by atoms with van der Waals surface area (Å²) in [7, 11) is 0. The summed E-state index contributed by atoms with van der Waals surface area (Å²) >= 11 is 0. The van der Waals surface area contributed by atoms with Crippen molar-refractivity contribution in [1.82, 2.24) is 10.2 Å². The van der Waals surface area contributed by atoms with Crippen LogP contribution in [0.25, 0.3) is 0 Å². The lowest BCUT2D eigenvalue weighted by atomic mass is 9.95. The molecule has 0 amide bonds. The lowest BCUT2D eigenvalue weighted by molar-refractivity contribution is -0.146. The molecule has 21 heavy (non-hydrogen) atoms. The van der Waals surface area contributed by atoms with Gasteiger partial charge in [-0.2, -0.15) is 0 Å². The van der Waals surface area contributed by atoms with Crippen LogP contribution in [0.1, 0.15) is 53.9 Å². The lowest BCUT2D eigenvalue weighted by Crippen LogP contribution is -2.57. The number of carboxylic acids is 1. The maximum absolute atomic E-state index is 11.8. The first kappa shape index (κ1) is 16.7. The second-order valence-electron chi connectivity index (χ2n) is 7.70. The first-order valence-electron chi connectivity index (χ1n) is 8.06. The Morgan fingerprint density at radius 3 is 2.62 bits per heavy atom. The molecule has 0 bridgehead atoms. The van der Waals surface area contributed by atoms with Crippen LogP contribution in [-0.2, 0) is 9.53 Å². The van der Waals surface area contributed by atoms with E-state index < -0.39 is 11.5 Å². The Kier molecular flexibility index (Phi) is 4.66. The largest absolute Gasteiger partial charge is 0.480 e. The molecule has 0 aromatic carbocycles. The molecule has 3 atom stereocenters. The molecule has 1 saturated carbocycles. The molecule has 5 nitrogen and oxygen atoms in total. The van der Waals surface area contributed by atoms with Gasteiger partial charge in [-0.15, -0.1) is 0 Å². The maximum atomic E-state index is 11.8. The van der Waals surface area contributed by atoms with Crippen molar-refractivity contribution in [3.05, 3.63) is 0 Å². The molecule has 1 aliphatic carbocycles. The van der Waals surface area contributed by atoms with E-state index >= 15 is 0 Å². The number of rotatable bonds is 4. The van der Waals surface area contributed by atoms with Gasteiger partial charge in [-0.05, 0) is 53.9 Å². The molecular formula is C16H30N2O3. The quantitative estimate of drug-likeness (QED) is 0.829. The molecular weight excluding hydrogens is 268 g/mol. The van der Waals surface area contributed by atoms with Crippen molar-refractivity contribution in [2.45, 2.75) is 83.2 Å². The molecule has 1 saturated heterocycles. The average Bonchev–Trinajstić information content (AvgIpc) is 2.71. The van der Waals surface area contributed by atoms with Crippen molar-refractivity contribution in [3.63, 3.8) is 0 Å². The van der Waals surface area contributed by atoms with Gasteiger partial charge in [-0.1, -0.05) is 0 Å². The number of morpholine rings is 1. The van der Waals surface area contributed by atoms with Crippen LogP contribution >= 0.6 is 0 Å². The zero-order valence-electron chi connectivity index (χ0n) is 14.0.